The van der Waals surface area contributed by atoms with Gasteiger partial charge in [-0.05, 0) is 36.1 Å². The van der Waals surface area contributed by atoms with E-state index in [0.717, 1.165) is 24.4 Å². The SMILES string of the molecule is CC(=O)NCCn1ccc2c1-c1cccc(Cl)c1CC2. The number of carbonyl (C=O) groups is 1. The fourth-order valence-corrected chi connectivity index (χ4v) is 3.15. The Kier molecular flexibility index (Phi) is 3.53. The number of benzene rings is 1. The Hall–Kier alpha value is -1.74. The fourth-order valence-electron chi connectivity index (χ4n) is 2.88. The van der Waals surface area contributed by atoms with Gasteiger partial charge in [0.1, 0.15) is 0 Å². The van der Waals surface area contributed by atoms with Gasteiger partial charge >= 0.3 is 0 Å². The molecular weight excluding hydrogens is 272 g/mol. The van der Waals surface area contributed by atoms with E-state index >= 15 is 0 Å². The zero-order chi connectivity index (χ0) is 14.1. The highest BCUT2D eigenvalue weighted by Crippen LogP contribution is 2.37. The van der Waals surface area contributed by atoms with Crippen molar-refractivity contribution >= 4 is 17.5 Å². The Morgan fingerprint density at radius 2 is 2.20 bits per heavy atom. The van der Waals surface area contributed by atoms with Crippen LogP contribution in [0.4, 0.5) is 0 Å². The van der Waals surface area contributed by atoms with E-state index in [0.29, 0.717) is 6.54 Å². The molecule has 1 amide bonds. The van der Waals surface area contributed by atoms with E-state index in [9.17, 15) is 4.79 Å². The summed E-state index contributed by atoms with van der Waals surface area (Å²) in [7, 11) is 0. The third kappa shape index (κ3) is 2.34. The van der Waals surface area contributed by atoms with Crippen molar-refractivity contribution in [3.05, 3.63) is 46.6 Å². The predicted octanol–water partition coefficient (Wildman–Crippen LogP) is 3.04. The van der Waals surface area contributed by atoms with E-state index in [-0.39, 0.29) is 5.91 Å². The van der Waals surface area contributed by atoms with Crippen LogP contribution in [0.15, 0.2) is 30.5 Å². The lowest BCUT2D eigenvalue weighted by atomic mass is 9.90. The van der Waals surface area contributed by atoms with Crippen molar-refractivity contribution in [3.8, 4) is 11.3 Å². The Bertz CT molecular complexity index is 660. The number of nitrogens with one attached hydrogen (secondary N) is 1. The molecule has 0 atom stereocenters. The van der Waals surface area contributed by atoms with Crippen molar-refractivity contribution in [1.82, 2.24) is 9.88 Å². The molecule has 1 heterocycles. The van der Waals surface area contributed by atoms with Crippen LogP contribution in [-0.2, 0) is 24.2 Å². The number of halogens is 1. The Labute approximate surface area is 123 Å². The maximum atomic E-state index is 11.0. The number of amides is 1. The van der Waals surface area contributed by atoms with Gasteiger partial charge in [0.15, 0.2) is 0 Å². The van der Waals surface area contributed by atoms with Crippen LogP contribution in [0.3, 0.4) is 0 Å². The van der Waals surface area contributed by atoms with Crippen LogP contribution in [0.5, 0.6) is 0 Å². The molecule has 0 aliphatic heterocycles. The van der Waals surface area contributed by atoms with Gasteiger partial charge in [0, 0.05) is 36.8 Å². The molecule has 3 rings (SSSR count). The molecule has 20 heavy (non-hydrogen) atoms. The number of rotatable bonds is 3. The molecule has 0 bridgehead atoms. The summed E-state index contributed by atoms with van der Waals surface area (Å²) in [4.78, 5) is 11.0. The normalized spacial score (nSPS) is 12.7. The van der Waals surface area contributed by atoms with Crippen molar-refractivity contribution in [2.45, 2.75) is 26.3 Å². The van der Waals surface area contributed by atoms with Crippen LogP contribution in [0.2, 0.25) is 5.02 Å². The topological polar surface area (TPSA) is 34.0 Å². The van der Waals surface area contributed by atoms with Crippen LogP contribution in [0, 0.1) is 0 Å². The van der Waals surface area contributed by atoms with Crippen LogP contribution in [0.1, 0.15) is 18.1 Å². The van der Waals surface area contributed by atoms with Crippen LogP contribution in [-0.4, -0.2) is 17.0 Å². The standard InChI is InChI=1S/C16H17ClN2O/c1-11(20)18-8-10-19-9-7-12-5-6-13-14(16(12)19)3-2-4-15(13)17/h2-4,7,9H,5-6,8,10H2,1H3,(H,18,20). The molecule has 0 spiro atoms. The Balaban J connectivity index is 1.94. The van der Waals surface area contributed by atoms with Crippen molar-refractivity contribution in [1.29, 1.82) is 0 Å². The van der Waals surface area contributed by atoms with Gasteiger partial charge in [0.05, 0.1) is 5.69 Å². The zero-order valence-electron chi connectivity index (χ0n) is 11.4. The predicted molar refractivity (Wildman–Crippen MR) is 81.0 cm³/mol. The van der Waals surface area contributed by atoms with E-state index in [1.54, 1.807) is 6.92 Å². The number of hydrogen-bond acceptors (Lipinski definition) is 1. The first-order chi connectivity index (χ1) is 9.66. The maximum absolute atomic E-state index is 11.0. The highest BCUT2D eigenvalue weighted by molar-refractivity contribution is 6.31. The van der Waals surface area contributed by atoms with Crippen molar-refractivity contribution in [2.75, 3.05) is 6.54 Å². The summed E-state index contributed by atoms with van der Waals surface area (Å²) >= 11 is 6.31. The third-order valence-electron chi connectivity index (χ3n) is 3.79. The number of nitrogens with zero attached hydrogens (tertiary/aromatic N) is 1. The van der Waals surface area contributed by atoms with Gasteiger partial charge in [-0.25, -0.2) is 0 Å². The van der Waals surface area contributed by atoms with Crippen LogP contribution in [0.25, 0.3) is 11.3 Å². The van der Waals surface area contributed by atoms with E-state index in [1.807, 2.05) is 12.1 Å². The van der Waals surface area contributed by atoms with Crippen LogP contribution >= 0.6 is 11.6 Å². The van der Waals surface area contributed by atoms with E-state index in [2.05, 4.69) is 28.2 Å². The molecule has 2 aromatic rings. The second kappa shape index (κ2) is 5.33. The number of hydrogen-bond donors (Lipinski definition) is 1. The van der Waals surface area contributed by atoms with Gasteiger partial charge in [0.2, 0.25) is 5.91 Å². The highest BCUT2D eigenvalue weighted by atomic mass is 35.5. The average Bonchev–Trinajstić information content (AvgIpc) is 2.82. The largest absolute Gasteiger partial charge is 0.355 e. The van der Waals surface area contributed by atoms with Crippen molar-refractivity contribution < 1.29 is 4.79 Å². The summed E-state index contributed by atoms with van der Waals surface area (Å²) in [6.45, 7) is 2.97. The number of fused-ring (bicyclic) bond motifs is 3. The van der Waals surface area contributed by atoms with Gasteiger partial charge in [-0.15, -0.1) is 0 Å². The molecule has 4 heteroatoms. The minimum atomic E-state index is 0.00877. The smallest absolute Gasteiger partial charge is 0.216 e. The first kappa shape index (κ1) is 13.3. The summed E-state index contributed by atoms with van der Waals surface area (Å²) in [6.07, 6.45) is 4.12. The van der Waals surface area contributed by atoms with E-state index < -0.39 is 0 Å². The molecular formula is C16H17ClN2O. The monoisotopic (exact) mass is 288 g/mol. The number of aromatic nitrogens is 1. The Morgan fingerprint density at radius 1 is 1.35 bits per heavy atom. The second-order valence-electron chi connectivity index (χ2n) is 5.13. The lowest BCUT2D eigenvalue weighted by molar-refractivity contribution is -0.118. The highest BCUT2D eigenvalue weighted by Gasteiger charge is 2.21. The molecule has 1 N–H and O–H groups in total. The molecule has 3 nitrogen and oxygen atoms in total. The molecule has 0 unspecified atom stereocenters. The Morgan fingerprint density at radius 3 is 3.00 bits per heavy atom. The quantitative estimate of drug-likeness (QED) is 0.925. The van der Waals surface area contributed by atoms with E-state index in [4.69, 9.17) is 11.6 Å². The minimum Gasteiger partial charge on any atom is -0.355 e. The molecule has 0 saturated heterocycles. The molecule has 1 aliphatic carbocycles. The maximum Gasteiger partial charge on any atom is 0.216 e. The third-order valence-corrected chi connectivity index (χ3v) is 4.15. The molecule has 104 valence electrons. The van der Waals surface area contributed by atoms with Gasteiger partial charge < -0.3 is 9.88 Å². The first-order valence-corrected chi connectivity index (χ1v) is 7.25. The zero-order valence-corrected chi connectivity index (χ0v) is 12.2. The van der Waals surface area contributed by atoms with Gasteiger partial charge in [-0.1, -0.05) is 23.7 Å². The van der Waals surface area contributed by atoms with Crippen molar-refractivity contribution in [3.63, 3.8) is 0 Å². The summed E-state index contributed by atoms with van der Waals surface area (Å²) in [6, 6.07) is 8.26. The van der Waals surface area contributed by atoms with Crippen LogP contribution < -0.4 is 5.32 Å². The summed E-state index contributed by atoms with van der Waals surface area (Å²) in [5.74, 6) is 0.00877. The summed E-state index contributed by atoms with van der Waals surface area (Å²) < 4.78 is 2.21. The molecule has 0 fully saturated rings. The molecule has 1 aromatic heterocycles. The van der Waals surface area contributed by atoms with Gasteiger partial charge in [-0.3, -0.25) is 4.79 Å². The molecule has 1 aliphatic rings. The number of aryl methyl sites for hydroxylation is 1. The van der Waals surface area contributed by atoms with Crippen molar-refractivity contribution in [2.24, 2.45) is 0 Å². The minimum absolute atomic E-state index is 0.00877. The average molecular weight is 289 g/mol. The molecule has 0 radical (unpaired) electrons. The lowest BCUT2D eigenvalue weighted by Gasteiger charge is -2.20. The molecule has 1 aromatic carbocycles. The second-order valence-corrected chi connectivity index (χ2v) is 5.54. The van der Waals surface area contributed by atoms with E-state index in [1.165, 1.54) is 22.4 Å². The van der Waals surface area contributed by atoms with Gasteiger partial charge in [-0.2, -0.15) is 0 Å². The lowest BCUT2D eigenvalue weighted by Crippen LogP contribution is -2.24. The summed E-state index contributed by atoms with van der Waals surface area (Å²) in [5.41, 5.74) is 5.08. The number of carbonyl (C=O) groups excluding carboxylic acids is 1. The fraction of sp³-hybridized carbons (Fsp3) is 0.312. The first-order valence-electron chi connectivity index (χ1n) is 6.87. The summed E-state index contributed by atoms with van der Waals surface area (Å²) in [5, 5.41) is 3.69. The molecule has 0 saturated carbocycles. The van der Waals surface area contributed by atoms with Gasteiger partial charge in [0.25, 0.3) is 0 Å².